The molecule has 3 heteroatoms. The number of anilines is 1. The molecule has 1 amide bonds. The Labute approximate surface area is 101 Å². The number of unbranched alkanes of at least 4 members (excludes halogenated alkanes) is 1. The van der Waals surface area contributed by atoms with Crippen molar-refractivity contribution < 1.29 is 4.79 Å². The highest BCUT2D eigenvalue weighted by molar-refractivity contribution is 8.00. The predicted molar refractivity (Wildman–Crippen MR) is 68.9 cm³/mol. The third-order valence-corrected chi connectivity index (χ3v) is 4.09. The van der Waals surface area contributed by atoms with E-state index >= 15 is 0 Å². The fraction of sp³-hybridized carbons (Fsp3) is 0.462. The Morgan fingerprint density at radius 2 is 2.25 bits per heavy atom. The molecular formula is C13H17NOS. The van der Waals surface area contributed by atoms with Gasteiger partial charge >= 0.3 is 0 Å². The molecule has 1 aliphatic rings. The first kappa shape index (κ1) is 11.5. The molecule has 0 saturated heterocycles. The van der Waals surface area contributed by atoms with Crippen LogP contribution in [0.3, 0.4) is 0 Å². The van der Waals surface area contributed by atoms with Gasteiger partial charge in [-0.15, -0.1) is 11.8 Å². The zero-order valence-electron chi connectivity index (χ0n) is 9.53. The third-order valence-electron chi connectivity index (χ3n) is 2.75. The topological polar surface area (TPSA) is 29.1 Å². The van der Waals surface area contributed by atoms with Gasteiger partial charge in [0, 0.05) is 16.6 Å². The van der Waals surface area contributed by atoms with Crippen LogP contribution in [0.25, 0.3) is 0 Å². The number of hydrogen-bond acceptors (Lipinski definition) is 2. The molecular weight excluding hydrogens is 218 g/mol. The normalized spacial score (nSPS) is 19.8. The summed E-state index contributed by atoms with van der Waals surface area (Å²) in [6.45, 7) is 2.19. The van der Waals surface area contributed by atoms with Gasteiger partial charge in [0.05, 0.1) is 5.69 Å². The highest BCUT2D eigenvalue weighted by atomic mass is 32.2. The summed E-state index contributed by atoms with van der Waals surface area (Å²) in [6.07, 6.45) is 4.16. The monoisotopic (exact) mass is 235 g/mol. The number of thioether (sulfide) groups is 1. The Morgan fingerprint density at radius 1 is 1.44 bits per heavy atom. The summed E-state index contributed by atoms with van der Waals surface area (Å²) < 4.78 is 0. The lowest BCUT2D eigenvalue weighted by Crippen LogP contribution is -2.15. The van der Waals surface area contributed by atoms with Gasteiger partial charge in [-0.2, -0.15) is 0 Å². The minimum absolute atomic E-state index is 0.151. The SMILES string of the molecule is CCCC[C@H]1CC(=O)Nc2ccccc2S1. The number of para-hydroxylation sites is 1. The molecule has 0 radical (unpaired) electrons. The van der Waals surface area contributed by atoms with Gasteiger partial charge in [-0.05, 0) is 18.6 Å². The van der Waals surface area contributed by atoms with Crippen LogP contribution in [-0.2, 0) is 4.79 Å². The first-order valence-electron chi connectivity index (χ1n) is 5.85. The fourth-order valence-electron chi connectivity index (χ4n) is 1.89. The maximum atomic E-state index is 11.7. The molecule has 86 valence electrons. The lowest BCUT2D eigenvalue weighted by Gasteiger charge is -2.11. The molecule has 1 N–H and O–H groups in total. The van der Waals surface area contributed by atoms with Crippen molar-refractivity contribution in [3.05, 3.63) is 24.3 Å². The van der Waals surface area contributed by atoms with Gasteiger partial charge in [0.2, 0.25) is 5.91 Å². The van der Waals surface area contributed by atoms with E-state index in [2.05, 4.69) is 18.3 Å². The molecule has 0 spiro atoms. The summed E-state index contributed by atoms with van der Waals surface area (Å²) in [7, 11) is 0. The Balaban J connectivity index is 2.14. The van der Waals surface area contributed by atoms with Crippen LogP contribution in [0.2, 0.25) is 0 Å². The van der Waals surface area contributed by atoms with Crippen molar-refractivity contribution >= 4 is 23.4 Å². The maximum Gasteiger partial charge on any atom is 0.225 e. The van der Waals surface area contributed by atoms with Crippen molar-refractivity contribution in [3.8, 4) is 0 Å². The highest BCUT2D eigenvalue weighted by Gasteiger charge is 2.21. The summed E-state index contributed by atoms with van der Waals surface area (Å²) in [5.74, 6) is 0.151. The van der Waals surface area contributed by atoms with Gasteiger partial charge in [-0.3, -0.25) is 4.79 Å². The van der Waals surface area contributed by atoms with Gasteiger partial charge in [-0.1, -0.05) is 31.9 Å². The summed E-state index contributed by atoms with van der Waals surface area (Å²) >= 11 is 1.84. The van der Waals surface area contributed by atoms with Gasteiger partial charge in [0.25, 0.3) is 0 Å². The van der Waals surface area contributed by atoms with E-state index in [0.717, 1.165) is 12.1 Å². The van der Waals surface area contributed by atoms with E-state index in [-0.39, 0.29) is 5.91 Å². The molecule has 1 aromatic rings. The number of carbonyl (C=O) groups excluding carboxylic acids is 1. The lowest BCUT2D eigenvalue weighted by molar-refractivity contribution is -0.116. The van der Waals surface area contributed by atoms with E-state index in [1.807, 2.05) is 30.0 Å². The molecule has 0 aliphatic carbocycles. The number of carbonyl (C=O) groups is 1. The second-order valence-electron chi connectivity index (χ2n) is 4.13. The van der Waals surface area contributed by atoms with Crippen LogP contribution in [0.4, 0.5) is 5.69 Å². The average molecular weight is 235 g/mol. The zero-order chi connectivity index (χ0) is 11.4. The fourth-order valence-corrected chi connectivity index (χ4v) is 3.18. The molecule has 2 nitrogen and oxygen atoms in total. The number of hydrogen-bond donors (Lipinski definition) is 1. The van der Waals surface area contributed by atoms with Crippen molar-refractivity contribution in [2.45, 2.75) is 42.8 Å². The van der Waals surface area contributed by atoms with Gasteiger partial charge in [-0.25, -0.2) is 0 Å². The molecule has 1 heterocycles. The molecule has 1 aliphatic heterocycles. The van der Waals surface area contributed by atoms with Crippen molar-refractivity contribution in [2.24, 2.45) is 0 Å². The largest absolute Gasteiger partial charge is 0.325 e. The van der Waals surface area contributed by atoms with Crippen molar-refractivity contribution in [3.63, 3.8) is 0 Å². The van der Waals surface area contributed by atoms with Gasteiger partial charge < -0.3 is 5.32 Å². The highest BCUT2D eigenvalue weighted by Crippen LogP contribution is 2.36. The van der Waals surface area contributed by atoms with Crippen LogP contribution in [-0.4, -0.2) is 11.2 Å². The molecule has 16 heavy (non-hydrogen) atoms. The second-order valence-corrected chi connectivity index (χ2v) is 5.47. The molecule has 1 aromatic carbocycles. The van der Waals surface area contributed by atoms with Crippen LogP contribution in [0.15, 0.2) is 29.2 Å². The zero-order valence-corrected chi connectivity index (χ0v) is 10.3. The first-order valence-corrected chi connectivity index (χ1v) is 6.73. The third kappa shape index (κ3) is 2.79. The average Bonchev–Trinajstić information content (AvgIpc) is 2.43. The Hall–Kier alpha value is -0.960. The number of fused-ring (bicyclic) bond motifs is 1. The van der Waals surface area contributed by atoms with Crippen molar-refractivity contribution in [1.29, 1.82) is 0 Å². The van der Waals surface area contributed by atoms with E-state index in [1.165, 1.54) is 17.7 Å². The Morgan fingerprint density at radius 3 is 3.06 bits per heavy atom. The van der Waals surface area contributed by atoms with E-state index in [0.29, 0.717) is 11.7 Å². The van der Waals surface area contributed by atoms with E-state index in [9.17, 15) is 4.79 Å². The van der Waals surface area contributed by atoms with E-state index in [4.69, 9.17) is 0 Å². The number of amides is 1. The quantitative estimate of drug-likeness (QED) is 0.866. The Bertz CT molecular complexity index is 378. The maximum absolute atomic E-state index is 11.7. The molecule has 0 aromatic heterocycles. The minimum atomic E-state index is 0.151. The Kier molecular flexibility index (Phi) is 3.88. The van der Waals surface area contributed by atoms with Crippen molar-refractivity contribution in [1.82, 2.24) is 0 Å². The predicted octanol–water partition coefficient (Wildman–Crippen LogP) is 3.68. The molecule has 0 bridgehead atoms. The molecule has 1 atom stereocenters. The number of nitrogens with one attached hydrogen (secondary N) is 1. The summed E-state index contributed by atoms with van der Waals surface area (Å²) in [5.41, 5.74) is 0.969. The summed E-state index contributed by atoms with van der Waals surface area (Å²) in [5, 5.41) is 3.40. The summed E-state index contributed by atoms with van der Waals surface area (Å²) in [4.78, 5) is 12.9. The standard InChI is InChI=1S/C13H17NOS/c1-2-3-6-10-9-13(15)14-11-7-4-5-8-12(11)16-10/h4-5,7-8,10H,2-3,6,9H2,1H3,(H,14,15)/t10-/m0/s1. The van der Waals surface area contributed by atoms with Crippen LogP contribution < -0.4 is 5.32 Å². The van der Waals surface area contributed by atoms with Gasteiger partial charge in [0.15, 0.2) is 0 Å². The lowest BCUT2D eigenvalue weighted by atomic mass is 10.1. The molecule has 0 fully saturated rings. The second kappa shape index (κ2) is 5.39. The van der Waals surface area contributed by atoms with Crippen LogP contribution in [0, 0.1) is 0 Å². The van der Waals surface area contributed by atoms with Crippen LogP contribution >= 0.6 is 11.8 Å². The summed E-state index contributed by atoms with van der Waals surface area (Å²) in [6, 6.07) is 8.05. The van der Waals surface area contributed by atoms with E-state index < -0.39 is 0 Å². The van der Waals surface area contributed by atoms with E-state index in [1.54, 1.807) is 0 Å². The number of benzene rings is 1. The molecule has 2 rings (SSSR count). The first-order chi connectivity index (χ1) is 7.79. The van der Waals surface area contributed by atoms with Gasteiger partial charge in [0.1, 0.15) is 0 Å². The molecule has 0 unspecified atom stereocenters. The minimum Gasteiger partial charge on any atom is -0.325 e. The van der Waals surface area contributed by atoms with Crippen LogP contribution in [0.1, 0.15) is 32.6 Å². The molecule has 0 saturated carbocycles. The number of rotatable bonds is 3. The smallest absolute Gasteiger partial charge is 0.225 e. The van der Waals surface area contributed by atoms with Crippen molar-refractivity contribution in [2.75, 3.05) is 5.32 Å². The van der Waals surface area contributed by atoms with Crippen LogP contribution in [0.5, 0.6) is 0 Å².